The van der Waals surface area contributed by atoms with Gasteiger partial charge >= 0.3 is 5.97 Å². The third kappa shape index (κ3) is 3.10. The largest absolute Gasteiger partial charge is 0.506 e. The molecule has 0 atom stereocenters. The Hall–Kier alpha value is -2.82. The van der Waals surface area contributed by atoms with E-state index in [1.165, 1.54) is 6.07 Å². The second-order valence-electron chi connectivity index (χ2n) is 3.76. The summed E-state index contributed by atoms with van der Waals surface area (Å²) in [6, 6.07) is 15.0. The summed E-state index contributed by atoms with van der Waals surface area (Å²) in [4.78, 5) is 11.2. The van der Waals surface area contributed by atoms with Gasteiger partial charge in [-0.2, -0.15) is 5.10 Å². The molecule has 0 saturated heterocycles. The second-order valence-corrected chi connectivity index (χ2v) is 3.76. The van der Waals surface area contributed by atoms with Crippen molar-refractivity contribution in [3.63, 3.8) is 0 Å². The quantitative estimate of drug-likeness (QED) is 0.445. The molecule has 0 fully saturated rings. The molecule has 0 spiro atoms. The molecular weight excluding hydrogens is 244 g/mol. The number of nitrogens with zero attached hydrogens (tertiary/aromatic N) is 1. The van der Waals surface area contributed by atoms with Crippen molar-refractivity contribution >= 4 is 17.4 Å². The predicted octanol–water partition coefficient (Wildman–Crippen LogP) is 2.29. The monoisotopic (exact) mass is 256 g/mol. The Labute approximate surface area is 109 Å². The van der Waals surface area contributed by atoms with Gasteiger partial charge in [-0.05, 0) is 12.1 Å². The van der Waals surface area contributed by atoms with Crippen LogP contribution in [0.5, 0.6) is 5.75 Å². The van der Waals surface area contributed by atoms with Crippen LogP contribution in [0.15, 0.2) is 59.7 Å². The molecule has 5 heteroatoms. The van der Waals surface area contributed by atoms with Crippen LogP contribution in [-0.2, 0) is 4.79 Å². The van der Waals surface area contributed by atoms with E-state index in [2.05, 4.69) is 10.5 Å². The number of anilines is 1. The number of hydrogen-bond donors (Lipinski definition) is 3. The van der Waals surface area contributed by atoms with Gasteiger partial charge in [0.15, 0.2) is 5.71 Å². The van der Waals surface area contributed by atoms with E-state index in [0.29, 0.717) is 11.3 Å². The first-order chi connectivity index (χ1) is 9.18. The fraction of sp³-hybridized carbons (Fsp3) is 0. The van der Waals surface area contributed by atoms with Gasteiger partial charge in [0.05, 0.1) is 5.69 Å². The number of hydrogen-bond acceptors (Lipinski definition) is 4. The highest BCUT2D eigenvalue weighted by Gasteiger charge is 2.12. The first kappa shape index (κ1) is 12.6. The number of carboxylic acids is 1. The highest BCUT2D eigenvalue weighted by Crippen LogP contribution is 2.21. The number of phenolic OH excluding ortho intramolecular Hbond substituents is 1. The van der Waals surface area contributed by atoms with Gasteiger partial charge < -0.3 is 10.2 Å². The molecule has 0 heterocycles. The number of para-hydroxylation sites is 2. The molecule has 0 amide bonds. The number of nitrogens with one attached hydrogen (secondary N) is 1. The number of phenols is 1. The Morgan fingerprint density at radius 3 is 2.26 bits per heavy atom. The van der Waals surface area contributed by atoms with Gasteiger partial charge in [-0.3, -0.25) is 5.43 Å². The van der Waals surface area contributed by atoms with Gasteiger partial charge in [0.25, 0.3) is 0 Å². The molecule has 2 rings (SSSR count). The third-order valence-electron chi connectivity index (χ3n) is 2.44. The highest BCUT2D eigenvalue weighted by atomic mass is 16.4. The maximum Gasteiger partial charge on any atom is 0.356 e. The van der Waals surface area contributed by atoms with Crippen molar-refractivity contribution in [3.05, 3.63) is 60.2 Å². The number of aromatic hydroxyl groups is 1. The van der Waals surface area contributed by atoms with Crippen molar-refractivity contribution in [2.75, 3.05) is 5.43 Å². The van der Waals surface area contributed by atoms with Crippen molar-refractivity contribution in [1.82, 2.24) is 0 Å². The molecule has 2 aromatic carbocycles. The fourth-order valence-corrected chi connectivity index (χ4v) is 1.52. The van der Waals surface area contributed by atoms with E-state index in [9.17, 15) is 9.90 Å². The van der Waals surface area contributed by atoms with E-state index in [-0.39, 0.29) is 11.5 Å². The molecule has 96 valence electrons. The summed E-state index contributed by atoms with van der Waals surface area (Å²) >= 11 is 0. The maximum absolute atomic E-state index is 11.2. The molecule has 2 aromatic rings. The Balaban J connectivity index is 2.29. The third-order valence-corrected chi connectivity index (χ3v) is 2.44. The average Bonchev–Trinajstić information content (AvgIpc) is 2.42. The summed E-state index contributed by atoms with van der Waals surface area (Å²) in [6.45, 7) is 0. The minimum atomic E-state index is -1.14. The van der Waals surface area contributed by atoms with Crippen LogP contribution < -0.4 is 5.43 Å². The zero-order valence-corrected chi connectivity index (χ0v) is 9.95. The van der Waals surface area contributed by atoms with Gasteiger partial charge in [-0.15, -0.1) is 0 Å². The van der Waals surface area contributed by atoms with E-state index in [1.807, 2.05) is 0 Å². The van der Waals surface area contributed by atoms with E-state index in [1.54, 1.807) is 48.5 Å². The van der Waals surface area contributed by atoms with E-state index < -0.39 is 5.97 Å². The number of hydrazone groups is 1. The van der Waals surface area contributed by atoms with E-state index >= 15 is 0 Å². The Bertz CT molecular complexity index is 609. The fourth-order valence-electron chi connectivity index (χ4n) is 1.52. The van der Waals surface area contributed by atoms with Gasteiger partial charge in [-0.25, -0.2) is 4.79 Å². The van der Waals surface area contributed by atoms with Gasteiger partial charge in [0.2, 0.25) is 0 Å². The van der Waals surface area contributed by atoms with Crippen molar-refractivity contribution in [3.8, 4) is 5.75 Å². The second kappa shape index (κ2) is 5.68. The lowest BCUT2D eigenvalue weighted by molar-refractivity contribution is -0.129. The standard InChI is InChI=1S/C14H12N2O3/c17-12-9-5-4-8-11(12)15-16-13(14(18)19)10-6-2-1-3-7-10/h1-9,15,17H,(H,18,19)/b16-13-. The number of carbonyl (C=O) groups is 1. The van der Waals surface area contributed by atoms with Crippen LogP contribution in [-0.4, -0.2) is 21.9 Å². The van der Waals surface area contributed by atoms with E-state index in [4.69, 9.17) is 5.11 Å². The number of rotatable bonds is 4. The van der Waals surface area contributed by atoms with Crippen molar-refractivity contribution in [1.29, 1.82) is 0 Å². The lowest BCUT2D eigenvalue weighted by atomic mass is 10.1. The van der Waals surface area contributed by atoms with Crippen molar-refractivity contribution < 1.29 is 15.0 Å². The van der Waals surface area contributed by atoms with Crippen LogP contribution in [0.1, 0.15) is 5.56 Å². The topological polar surface area (TPSA) is 81.9 Å². The molecule has 0 aliphatic carbocycles. The lowest BCUT2D eigenvalue weighted by Crippen LogP contribution is -2.16. The van der Waals surface area contributed by atoms with Crippen LogP contribution >= 0.6 is 0 Å². The molecular formula is C14H12N2O3. The van der Waals surface area contributed by atoms with Crippen molar-refractivity contribution in [2.24, 2.45) is 5.10 Å². The SMILES string of the molecule is O=C(O)/C(=N\Nc1ccccc1O)c1ccccc1. The Morgan fingerprint density at radius 2 is 1.63 bits per heavy atom. The number of aliphatic carboxylic acids is 1. The minimum Gasteiger partial charge on any atom is -0.506 e. The lowest BCUT2D eigenvalue weighted by Gasteiger charge is -2.05. The molecule has 5 nitrogen and oxygen atoms in total. The molecule has 0 bridgehead atoms. The van der Waals surface area contributed by atoms with Crippen LogP contribution in [0.4, 0.5) is 5.69 Å². The first-order valence-corrected chi connectivity index (χ1v) is 5.59. The molecule has 19 heavy (non-hydrogen) atoms. The number of benzene rings is 2. The smallest absolute Gasteiger partial charge is 0.356 e. The predicted molar refractivity (Wildman–Crippen MR) is 72.3 cm³/mol. The number of carboxylic acid groups (broad SMARTS) is 1. The minimum absolute atomic E-state index is 0.00375. The van der Waals surface area contributed by atoms with Crippen molar-refractivity contribution in [2.45, 2.75) is 0 Å². The highest BCUT2D eigenvalue weighted by molar-refractivity contribution is 6.42. The Morgan fingerprint density at radius 1 is 1.00 bits per heavy atom. The van der Waals surface area contributed by atoms with Crippen LogP contribution in [0.2, 0.25) is 0 Å². The Kier molecular flexibility index (Phi) is 3.78. The molecule has 3 N–H and O–H groups in total. The van der Waals surface area contributed by atoms with Crippen LogP contribution in [0, 0.1) is 0 Å². The van der Waals surface area contributed by atoms with Crippen LogP contribution in [0.3, 0.4) is 0 Å². The van der Waals surface area contributed by atoms with Gasteiger partial charge in [0, 0.05) is 5.56 Å². The summed E-state index contributed by atoms with van der Waals surface area (Å²) in [6.07, 6.45) is 0. The summed E-state index contributed by atoms with van der Waals surface area (Å²) in [5.74, 6) is -1.14. The molecule has 0 saturated carbocycles. The zero-order chi connectivity index (χ0) is 13.7. The average molecular weight is 256 g/mol. The summed E-state index contributed by atoms with van der Waals surface area (Å²) in [5.41, 5.74) is 3.26. The zero-order valence-electron chi connectivity index (χ0n) is 9.95. The van der Waals surface area contributed by atoms with Crippen LogP contribution in [0.25, 0.3) is 0 Å². The molecule has 0 aliphatic rings. The molecule has 0 unspecified atom stereocenters. The first-order valence-electron chi connectivity index (χ1n) is 5.59. The van der Waals surface area contributed by atoms with E-state index in [0.717, 1.165) is 0 Å². The van der Waals surface area contributed by atoms with Gasteiger partial charge in [0.1, 0.15) is 5.75 Å². The molecule has 0 aromatic heterocycles. The maximum atomic E-state index is 11.2. The summed E-state index contributed by atoms with van der Waals surface area (Å²) in [7, 11) is 0. The molecule has 0 aliphatic heterocycles. The summed E-state index contributed by atoms with van der Waals surface area (Å²) in [5, 5.41) is 22.5. The summed E-state index contributed by atoms with van der Waals surface area (Å²) < 4.78 is 0. The normalized spacial score (nSPS) is 11.1. The van der Waals surface area contributed by atoms with Gasteiger partial charge in [-0.1, -0.05) is 42.5 Å². The molecule has 0 radical (unpaired) electrons.